The summed E-state index contributed by atoms with van der Waals surface area (Å²) in [6, 6.07) is 1.78. The lowest BCUT2D eigenvalue weighted by atomic mass is 9.60. The maximum Gasteiger partial charge on any atom is 0.222 e. The highest BCUT2D eigenvalue weighted by Crippen LogP contribution is 2.56. The Balaban J connectivity index is 0.00000182. The molecule has 4 rings (SSSR count). The number of nitrogens with zero attached hydrogens (tertiary/aromatic N) is 1. The maximum absolute atomic E-state index is 12.9. The van der Waals surface area contributed by atoms with Crippen molar-refractivity contribution in [2.24, 2.45) is 11.3 Å². The standard InChI is InChI=1S/C20H34N2O2.ClH/c1-3-24-18-13-17(20(18)8-4-5-9-20)22(2)19(23)12-14-10-15-6-7-16(11-14)21-15;/h14-18,21H,3-13H2,1-2H3;1H. The topological polar surface area (TPSA) is 41.6 Å². The van der Waals surface area contributed by atoms with Crippen molar-refractivity contribution in [1.82, 2.24) is 10.2 Å². The fourth-order valence-corrected chi connectivity index (χ4v) is 6.30. The van der Waals surface area contributed by atoms with Crippen LogP contribution in [0.15, 0.2) is 0 Å². The van der Waals surface area contributed by atoms with E-state index >= 15 is 0 Å². The summed E-state index contributed by atoms with van der Waals surface area (Å²) in [5.74, 6) is 0.980. The smallest absolute Gasteiger partial charge is 0.222 e. The molecule has 4 unspecified atom stereocenters. The van der Waals surface area contributed by atoms with E-state index in [1.807, 2.05) is 0 Å². The summed E-state index contributed by atoms with van der Waals surface area (Å²) in [6.45, 7) is 2.89. The lowest BCUT2D eigenvalue weighted by molar-refractivity contribution is -0.173. The number of amides is 1. The van der Waals surface area contributed by atoms with Gasteiger partial charge in [-0.15, -0.1) is 12.4 Å². The molecule has 2 aliphatic heterocycles. The first-order valence-electron chi connectivity index (χ1n) is 10.3. The van der Waals surface area contributed by atoms with Crippen molar-refractivity contribution in [2.75, 3.05) is 13.7 Å². The molecule has 0 aromatic rings. The zero-order valence-corrected chi connectivity index (χ0v) is 16.7. The molecule has 5 heteroatoms. The van der Waals surface area contributed by atoms with Gasteiger partial charge in [0.15, 0.2) is 0 Å². The van der Waals surface area contributed by atoms with Gasteiger partial charge >= 0.3 is 0 Å². The van der Waals surface area contributed by atoms with Crippen LogP contribution in [0.4, 0.5) is 0 Å². The maximum atomic E-state index is 12.9. The highest BCUT2D eigenvalue weighted by atomic mass is 35.5. The molecule has 2 saturated heterocycles. The molecule has 4 fully saturated rings. The lowest BCUT2D eigenvalue weighted by Gasteiger charge is -2.57. The third-order valence-corrected chi connectivity index (χ3v) is 7.54. The number of hydrogen-bond acceptors (Lipinski definition) is 3. The van der Waals surface area contributed by atoms with Crippen LogP contribution in [0.1, 0.15) is 71.1 Å². The number of carbonyl (C=O) groups is 1. The average molecular weight is 371 g/mol. The Morgan fingerprint density at radius 3 is 2.40 bits per heavy atom. The summed E-state index contributed by atoms with van der Waals surface area (Å²) in [7, 11) is 2.06. The largest absolute Gasteiger partial charge is 0.378 e. The van der Waals surface area contributed by atoms with Crippen molar-refractivity contribution in [2.45, 2.75) is 95.4 Å². The van der Waals surface area contributed by atoms with Crippen molar-refractivity contribution in [1.29, 1.82) is 0 Å². The predicted octanol–water partition coefficient (Wildman–Crippen LogP) is 3.53. The second kappa shape index (κ2) is 7.74. The molecule has 0 aromatic heterocycles. The molecular formula is C20H35ClN2O2. The summed E-state index contributed by atoms with van der Waals surface area (Å²) in [5.41, 5.74) is 0.271. The van der Waals surface area contributed by atoms with Crippen LogP contribution >= 0.6 is 12.4 Å². The molecule has 0 radical (unpaired) electrons. The summed E-state index contributed by atoms with van der Waals surface area (Å²) in [5, 5.41) is 3.69. The molecule has 4 nitrogen and oxygen atoms in total. The Morgan fingerprint density at radius 2 is 1.80 bits per heavy atom. The highest BCUT2D eigenvalue weighted by molar-refractivity contribution is 5.85. The molecule has 1 N–H and O–H groups in total. The Labute approximate surface area is 158 Å². The summed E-state index contributed by atoms with van der Waals surface area (Å²) in [6.07, 6.45) is 12.3. The molecule has 25 heavy (non-hydrogen) atoms. The summed E-state index contributed by atoms with van der Waals surface area (Å²) >= 11 is 0. The minimum absolute atomic E-state index is 0. The second-order valence-corrected chi connectivity index (χ2v) is 8.82. The fourth-order valence-electron chi connectivity index (χ4n) is 6.30. The molecule has 2 heterocycles. The number of halogens is 1. The Morgan fingerprint density at radius 1 is 1.16 bits per heavy atom. The van der Waals surface area contributed by atoms with E-state index in [0.717, 1.165) is 19.4 Å². The van der Waals surface area contributed by atoms with Crippen LogP contribution in [0.3, 0.4) is 0 Å². The number of piperidine rings is 1. The molecule has 4 atom stereocenters. The van der Waals surface area contributed by atoms with E-state index in [0.29, 0.717) is 36.1 Å². The normalized spacial score (nSPS) is 38.2. The predicted molar refractivity (Wildman–Crippen MR) is 102 cm³/mol. The van der Waals surface area contributed by atoms with Crippen molar-refractivity contribution >= 4 is 18.3 Å². The van der Waals surface area contributed by atoms with E-state index in [9.17, 15) is 4.79 Å². The molecule has 2 aliphatic carbocycles. The van der Waals surface area contributed by atoms with Gasteiger partial charge in [-0.25, -0.2) is 0 Å². The van der Waals surface area contributed by atoms with Gasteiger partial charge in [-0.2, -0.15) is 0 Å². The number of carbonyl (C=O) groups excluding carboxylic acids is 1. The number of ether oxygens (including phenoxy) is 1. The molecule has 0 aromatic carbocycles. The van der Waals surface area contributed by atoms with E-state index in [1.165, 1.54) is 51.4 Å². The SMILES string of the molecule is CCOC1CC(N(C)C(=O)CC2CC3CCC(C2)N3)C12CCCC2.Cl. The lowest BCUT2D eigenvalue weighted by Crippen LogP contribution is -2.64. The minimum Gasteiger partial charge on any atom is -0.378 e. The van der Waals surface area contributed by atoms with Crippen LogP contribution in [0.5, 0.6) is 0 Å². The van der Waals surface area contributed by atoms with Crippen molar-refractivity contribution in [3.05, 3.63) is 0 Å². The first kappa shape index (κ1) is 19.4. The number of fused-ring (bicyclic) bond motifs is 2. The third-order valence-electron chi connectivity index (χ3n) is 7.54. The van der Waals surface area contributed by atoms with Crippen LogP contribution in [0, 0.1) is 11.3 Å². The summed E-state index contributed by atoms with van der Waals surface area (Å²) < 4.78 is 6.02. The molecule has 144 valence electrons. The van der Waals surface area contributed by atoms with E-state index < -0.39 is 0 Å². The Bertz CT molecular complexity index is 468. The first-order chi connectivity index (χ1) is 11.6. The van der Waals surface area contributed by atoms with Crippen LogP contribution in [0.25, 0.3) is 0 Å². The Kier molecular flexibility index (Phi) is 6.02. The number of nitrogens with one attached hydrogen (secondary N) is 1. The molecule has 2 saturated carbocycles. The van der Waals surface area contributed by atoms with Gasteiger partial charge in [0.05, 0.1) is 6.10 Å². The van der Waals surface area contributed by atoms with Gasteiger partial charge in [0.1, 0.15) is 0 Å². The Hall–Kier alpha value is -0.320. The first-order valence-corrected chi connectivity index (χ1v) is 10.3. The highest BCUT2D eigenvalue weighted by Gasteiger charge is 2.58. The van der Waals surface area contributed by atoms with Gasteiger partial charge in [-0.3, -0.25) is 4.79 Å². The van der Waals surface area contributed by atoms with Gasteiger partial charge in [0.2, 0.25) is 5.91 Å². The zero-order valence-electron chi connectivity index (χ0n) is 15.8. The van der Waals surface area contributed by atoms with E-state index in [-0.39, 0.29) is 17.8 Å². The quantitative estimate of drug-likeness (QED) is 0.804. The molecule has 1 amide bonds. The molecule has 2 bridgehead atoms. The van der Waals surface area contributed by atoms with Crippen molar-refractivity contribution < 1.29 is 9.53 Å². The van der Waals surface area contributed by atoms with Gasteiger partial charge in [-0.05, 0) is 57.8 Å². The second-order valence-electron chi connectivity index (χ2n) is 8.82. The monoisotopic (exact) mass is 370 g/mol. The van der Waals surface area contributed by atoms with Gasteiger partial charge in [0.25, 0.3) is 0 Å². The molecule has 4 aliphatic rings. The zero-order chi connectivity index (χ0) is 16.7. The van der Waals surface area contributed by atoms with Gasteiger partial charge in [-0.1, -0.05) is 12.8 Å². The van der Waals surface area contributed by atoms with Crippen LogP contribution < -0.4 is 5.32 Å². The number of rotatable bonds is 5. The van der Waals surface area contributed by atoms with E-state index in [2.05, 4.69) is 24.2 Å². The fraction of sp³-hybridized carbons (Fsp3) is 0.950. The molecule has 1 spiro atoms. The third kappa shape index (κ3) is 3.46. The van der Waals surface area contributed by atoms with E-state index in [4.69, 9.17) is 4.74 Å². The van der Waals surface area contributed by atoms with Crippen LogP contribution in [0.2, 0.25) is 0 Å². The number of hydrogen-bond donors (Lipinski definition) is 1. The van der Waals surface area contributed by atoms with Crippen molar-refractivity contribution in [3.63, 3.8) is 0 Å². The van der Waals surface area contributed by atoms with Gasteiger partial charge in [0, 0.05) is 43.6 Å². The van der Waals surface area contributed by atoms with Crippen LogP contribution in [-0.2, 0) is 9.53 Å². The van der Waals surface area contributed by atoms with Gasteiger partial charge < -0.3 is 15.0 Å². The minimum atomic E-state index is 0. The van der Waals surface area contributed by atoms with Crippen LogP contribution in [-0.4, -0.2) is 48.7 Å². The average Bonchev–Trinajstić information content (AvgIpc) is 3.19. The molecular weight excluding hydrogens is 336 g/mol. The summed E-state index contributed by atoms with van der Waals surface area (Å²) in [4.78, 5) is 15.1. The van der Waals surface area contributed by atoms with Crippen molar-refractivity contribution in [3.8, 4) is 0 Å². The van der Waals surface area contributed by atoms with E-state index in [1.54, 1.807) is 0 Å².